The lowest BCUT2D eigenvalue weighted by Crippen LogP contribution is -2.52. The molecule has 3 aliphatic rings. The average Bonchev–Trinajstić information content (AvgIpc) is 3.13. The zero-order valence-electron chi connectivity index (χ0n) is 20.7. The summed E-state index contributed by atoms with van der Waals surface area (Å²) in [6, 6.07) is 5.43. The zero-order valence-corrected chi connectivity index (χ0v) is 20.7. The first kappa shape index (κ1) is 23.0. The van der Waals surface area contributed by atoms with Gasteiger partial charge in [0.25, 0.3) is 0 Å². The summed E-state index contributed by atoms with van der Waals surface area (Å²) in [5.41, 5.74) is 3.67. The summed E-state index contributed by atoms with van der Waals surface area (Å²) in [5, 5.41) is 0. The monoisotopic (exact) mass is 466 g/mol. The Morgan fingerprint density at radius 2 is 1.82 bits per heavy atom. The quantitative estimate of drug-likeness (QED) is 0.675. The van der Waals surface area contributed by atoms with Crippen LogP contribution in [0, 0.1) is 19.7 Å². The van der Waals surface area contributed by atoms with E-state index < -0.39 is 0 Å². The van der Waals surface area contributed by atoms with Crippen LogP contribution >= 0.6 is 0 Å². The van der Waals surface area contributed by atoms with E-state index in [4.69, 9.17) is 4.98 Å². The second kappa shape index (κ2) is 8.80. The molecular weight excluding hydrogens is 431 g/mol. The van der Waals surface area contributed by atoms with Gasteiger partial charge in [-0.2, -0.15) is 0 Å². The maximum atomic E-state index is 14.2. The van der Waals surface area contributed by atoms with Crippen molar-refractivity contribution in [3.63, 3.8) is 0 Å². The maximum absolute atomic E-state index is 14.2. The number of fused-ring (bicyclic) bond motifs is 2. The van der Waals surface area contributed by atoms with Crippen LogP contribution in [0.2, 0.25) is 0 Å². The SMILES string of the molecule is Cc1cnc(C)c(N2CCC(N3CCC4(CC3)CN(C(=O)N(C)C)c3ccc(F)cc34)CC2)n1. The van der Waals surface area contributed by atoms with Gasteiger partial charge in [-0.1, -0.05) is 0 Å². The second-order valence-corrected chi connectivity index (χ2v) is 10.4. The van der Waals surface area contributed by atoms with Gasteiger partial charge in [-0.05, 0) is 76.4 Å². The maximum Gasteiger partial charge on any atom is 0.323 e. The summed E-state index contributed by atoms with van der Waals surface area (Å²) in [4.78, 5) is 30.5. The van der Waals surface area contributed by atoms with Crippen molar-refractivity contribution < 1.29 is 9.18 Å². The van der Waals surface area contributed by atoms with Crippen LogP contribution in [0.15, 0.2) is 24.4 Å². The van der Waals surface area contributed by atoms with Crippen molar-refractivity contribution in [2.75, 3.05) is 56.6 Å². The smallest absolute Gasteiger partial charge is 0.323 e. The van der Waals surface area contributed by atoms with Crippen LogP contribution in [0.5, 0.6) is 0 Å². The third kappa shape index (κ3) is 4.02. The molecule has 34 heavy (non-hydrogen) atoms. The Balaban J connectivity index is 1.26. The number of aryl methyl sites for hydroxylation is 2. The van der Waals surface area contributed by atoms with Gasteiger partial charge in [0.05, 0.1) is 11.4 Å². The van der Waals surface area contributed by atoms with Gasteiger partial charge in [0.15, 0.2) is 0 Å². The van der Waals surface area contributed by atoms with Gasteiger partial charge < -0.3 is 14.7 Å². The Labute approximate surface area is 201 Å². The number of piperidine rings is 2. The highest BCUT2D eigenvalue weighted by Gasteiger charge is 2.47. The van der Waals surface area contributed by atoms with E-state index in [0.717, 1.165) is 80.3 Å². The van der Waals surface area contributed by atoms with Gasteiger partial charge in [-0.3, -0.25) is 9.88 Å². The lowest BCUT2D eigenvalue weighted by molar-refractivity contribution is 0.104. The second-order valence-electron chi connectivity index (χ2n) is 10.4. The Hall–Kier alpha value is -2.74. The molecule has 2 amide bonds. The molecule has 1 aromatic carbocycles. The number of halogens is 1. The molecule has 1 aromatic heterocycles. The number of hydrogen-bond donors (Lipinski definition) is 0. The summed E-state index contributed by atoms with van der Waals surface area (Å²) in [6.45, 7) is 8.61. The molecule has 0 unspecified atom stereocenters. The number of anilines is 2. The third-order valence-electron chi connectivity index (χ3n) is 7.98. The highest BCUT2D eigenvalue weighted by molar-refractivity contribution is 5.95. The number of nitrogens with zero attached hydrogens (tertiary/aromatic N) is 6. The van der Waals surface area contributed by atoms with Gasteiger partial charge in [-0.15, -0.1) is 0 Å². The van der Waals surface area contributed by atoms with Crippen LogP contribution in [-0.4, -0.2) is 78.7 Å². The molecule has 4 heterocycles. The minimum atomic E-state index is -0.221. The topological polar surface area (TPSA) is 55.8 Å². The molecule has 0 saturated carbocycles. The molecule has 3 aliphatic heterocycles. The van der Waals surface area contributed by atoms with Crippen LogP contribution < -0.4 is 9.80 Å². The normalized spacial score (nSPS) is 20.6. The summed E-state index contributed by atoms with van der Waals surface area (Å²) < 4.78 is 14.2. The minimum absolute atomic E-state index is 0.0333. The summed E-state index contributed by atoms with van der Waals surface area (Å²) in [6.07, 6.45) is 5.94. The van der Waals surface area contributed by atoms with Crippen molar-refractivity contribution in [3.05, 3.63) is 47.2 Å². The highest BCUT2D eigenvalue weighted by Crippen LogP contribution is 2.48. The molecule has 2 aromatic rings. The van der Waals surface area contributed by atoms with Crippen LogP contribution in [0.1, 0.15) is 42.6 Å². The first-order valence-corrected chi connectivity index (χ1v) is 12.4. The highest BCUT2D eigenvalue weighted by atomic mass is 19.1. The summed E-state index contributed by atoms with van der Waals surface area (Å²) in [5.74, 6) is 0.799. The van der Waals surface area contributed by atoms with E-state index >= 15 is 0 Å². The Bertz CT molecular complexity index is 1070. The molecule has 0 radical (unpaired) electrons. The van der Waals surface area contributed by atoms with Crippen LogP contribution in [-0.2, 0) is 5.41 Å². The van der Waals surface area contributed by atoms with Crippen molar-refractivity contribution in [2.24, 2.45) is 0 Å². The van der Waals surface area contributed by atoms with Gasteiger partial charge in [0, 0.05) is 57.1 Å². The number of hydrogen-bond acceptors (Lipinski definition) is 5. The van der Waals surface area contributed by atoms with Gasteiger partial charge in [-0.25, -0.2) is 14.2 Å². The number of aromatic nitrogens is 2. The number of likely N-dealkylation sites (tertiary alicyclic amines) is 1. The van der Waals surface area contributed by atoms with E-state index in [0.29, 0.717) is 12.6 Å². The predicted molar refractivity (Wildman–Crippen MR) is 132 cm³/mol. The van der Waals surface area contributed by atoms with E-state index in [1.165, 1.54) is 6.07 Å². The molecule has 8 heteroatoms. The van der Waals surface area contributed by atoms with E-state index in [2.05, 4.69) is 14.8 Å². The van der Waals surface area contributed by atoms with Crippen molar-refractivity contribution in [1.29, 1.82) is 0 Å². The molecule has 0 N–H and O–H groups in total. The predicted octanol–water partition coefficient (Wildman–Crippen LogP) is 3.74. The molecular formula is C26H35FN6O. The fourth-order valence-corrected chi connectivity index (χ4v) is 6.07. The molecule has 0 aliphatic carbocycles. The number of carbonyl (C=O) groups excluding carboxylic acids is 1. The molecule has 5 rings (SSSR count). The van der Waals surface area contributed by atoms with E-state index in [1.54, 1.807) is 31.1 Å². The van der Waals surface area contributed by atoms with Gasteiger partial charge in [0.2, 0.25) is 0 Å². The van der Waals surface area contributed by atoms with Crippen LogP contribution in [0.3, 0.4) is 0 Å². The van der Waals surface area contributed by atoms with Crippen molar-refractivity contribution in [2.45, 2.75) is 51.0 Å². The lowest BCUT2D eigenvalue weighted by atomic mass is 9.74. The zero-order chi connectivity index (χ0) is 24.0. The van der Waals surface area contributed by atoms with Crippen molar-refractivity contribution in [3.8, 4) is 0 Å². The summed E-state index contributed by atoms with van der Waals surface area (Å²) >= 11 is 0. The van der Waals surface area contributed by atoms with Crippen molar-refractivity contribution in [1.82, 2.24) is 19.8 Å². The lowest BCUT2D eigenvalue weighted by Gasteiger charge is -2.45. The Morgan fingerprint density at radius 3 is 2.50 bits per heavy atom. The first-order chi connectivity index (χ1) is 16.3. The molecule has 7 nitrogen and oxygen atoms in total. The molecule has 0 bridgehead atoms. The molecule has 182 valence electrons. The van der Waals surface area contributed by atoms with E-state index in [9.17, 15) is 9.18 Å². The average molecular weight is 467 g/mol. The largest absolute Gasteiger partial charge is 0.355 e. The standard InChI is InChI=1S/C26H35FN6O/c1-18-16-28-19(2)24(29-18)32-11-7-21(8-12-32)31-13-9-26(10-14-31)17-33(25(34)30(3)4)23-6-5-20(27)15-22(23)26/h5-6,15-16,21H,7-14,17H2,1-4H3. The Morgan fingerprint density at radius 1 is 1.12 bits per heavy atom. The van der Waals surface area contributed by atoms with E-state index in [-0.39, 0.29) is 17.3 Å². The Kier molecular flexibility index (Phi) is 5.96. The summed E-state index contributed by atoms with van der Waals surface area (Å²) in [7, 11) is 3.55. The number of benzene rings is 1. The minimum Gasteiger partial charge on any atom is -0.355 e. The van der Waals surface area contributed by atoms with E-state index in [1.807, 2.05) is 24.9 Å². The molecule has 0 atom stereocenters. The molecule has 1 spiro atoms. The molecule has 2 saturated heterocycles. The fourth-order valence-electron chi connectivity index (χ4n) is 6.07. The molecule has 2 fully saturated rings. The van der Waals surface area contributed by atoms with Crippen LogP contribution in [0.25, 0.3) is 0 Å². The third-order valence-corrected chi connectivity index (χ3v) is 7.98. The number of carbonyl (C=O) groups is 1. The van der Waals surface area contributed by atoms with Gasteiger partial charge in [0.1, 0.15) is 11.6 Å². The van der Waals surface area contributed by atoms with Crippen molar-refractivity contribution >= 4 is 17.5 Å². The number of amides is 2. The van der Waals surface area contributed by atoms with Gasteiger partial charge >= 0.3 is 6.03 Å². The number of urea groups is 1. The first-order valence-electron chi connectivity index (χ1n) is 12.4. The number of rotatable bonds is 2. The van der Waals surface area contributed by atoms with Crippen LogP contribution in [0.4, 0.5) is 20.7 Å². The fraction of sp³-hybridized carbons (Fsp3) is 0.577.